The molecule has 2 aliphatic rings. The number of ether oxygens (including phenoxy) is 6. The lowest BCUT2D eigenvalue weighted by Gasteiger charge is -2.19. The standard InChI is InChI=1S/C40H48N2O6/c1-25-27(23-47-31-17-37(43-3)35(38(18-31)44-4)21-41-29-13-14-29)9-7-11-33(25)34-12-8-10-28(26(34)2)24-48-32-19-39(45-5)36(40(20-32)46-6)22-42-30-15-16-30/h7-12,17-20,29-30,41-42H,13-16,21-24H2,1-6H3. The third-order valence-corrected chi connectivity index (χ3v) is 9.42. The van der Waals surface area contributed by atoms with Crippen LogP contribution in [-0.4, -0.2) is 40.5 Å². The molecule has 0 spiro atoms. The van der Waals surface area contributed by atoms with Crippen LogP contribution in [0.25, 0.3) is 11.1 Å². The molecule has 6 rings (SSSR count). The van der Waals surface area contributed by atoms with E-state index in [0.717, 1.165) is 45.3 Å². The first-order valence-corrected chi connectivity index (χ1v) is 16.8. The van der Waals surface area contributed by atoms with Crippen molar-refractivity contribution in [3.8, 4) is 45.6 Å². The summed E-state index contributed by atoms with van der Waals surface area (Å²) in [4.78, 5) is 0. The highest BCUT2D eigenvalue weighted by Crippen LogP contribution is 2.38. The van der Waals surface area contributed by atoms with Crippen LogP contribution in [0.5, 0.6) is 34.5 Å². The molecule has 2 fully saturated rings. The lowest BCUT2D eigenvalue weighted by Crippen LogP contribution is -2.16. The summed E-state index contributed by atoms with van der Waals surface area (Å²) in [5.74, 6) is 4.46. The highest BCUT2D eigenvalue weighted by Gasteiger charge is 2.24. The number of methoxy groups -OCH3 is 4. The lowest BCUT2D eigenvalue weighted by molar-refractivity contribution is 0.298. The van der Waals surface area contributed by atoms with Crippen molar-refractivity contribution in [3.63, 3.8) is 0 Å². The normalized spacial score (nSPS) is 14.0. The number of rotatable bonds is 17. The molecule has 0 unspecified atom stereocenters. The Morgan fingerprint density at radius 1 is 0.542 bits per heavy atom. The third-order valence-electron chi connectivity index (χ3n) is 9.42. The summed E-state index contributed by atoms with van der Waals surface area (Å²) in [7, 11) is 6.75. The number of hydrogen-bond donors (Lipinski definition) is 2. The smallest absolute Gasteiger partial charge is 0.130 e. The Balaban J connectivity index is 1.17. The van der Waals surface area contributed by atoms with Gasteiger partial charge in [0, 0.05) is 49.4 Å². The van der Waals surface area contributed by atoms with Gasteiger partial charge in [0.2, 0.25) is 0 Å². The van der Waals surface area contributed by atoms with Crippen molar-refractivity contribution < 1.29 is 28.4 Å². The number of benzene rings is 4. The Morgan fingerprint density at radius 2 is 0.896 bits per heavy atom. The molecule has 2 saturated carbocycles. The molecule has 8 nitrogen and oxygen atoms in total. The van der Waals surface area contributed by atoms with Crippen LogP contribution >= 0.6 is 0 Å². The first kappa shape index (κ1) is 33.5. The fourth-order valence-electron chi connectivity index (χ4n) is 6.09. The minimum Gasteiger partial charge on any atom is -0.496 e. The van der Waals surface area contributed by atoms with Crippen LogP contribution in [0.15, 0.2) is 60.7 Å². The predicted octanol–water partition coefficient (Wildman–Crippen LogP) is 7.67. The van der Waals surface area contributed by atoms with Crippen LogP contribution in [0.1, 0.15) is 59.1 Å². The van der Waals surface area contributed by atoms with Crippen molar-refractivity contribution in [2.75, 3.05) is 28.4 Å². The first-order valence-electron chi connectivity index (χ1n) is 16.8. The fraction of sp³-hybridized carbons (Fsp3) is 0.400. The number of nitrogens with one attached hydrogen (secondary N) is 2. The van der Waals surface area contributed by atoms with Crippen molar-refractivity contribution in [1.82, 2.24) is 10.6 Å². The highest BCUT2D eigenvalue weighted by atomic mass is 16.5. The van der Waals surface area contributed by atoms with Gasteiger partial charge in [-0.1, -0.05) is 36.4 Å². The largest absolute Gasteiger partial charge is 0.496 e. The summed E-state index contributed by atoms with van der Waals surface area (Å²) in [6, 6.07) is 21.7. The zero-order valence-corrected chi connectivity index (χ0v) is 29.0. The third kappa shape index (κ3) is 7.83. The number of hydrogen-bond acceptors (Lipinski definition) is 8. The van der Waals surface area contributed by atoms with Gasteiger partial charge in [-0.15, -0.1) is 0 Å². The molecule has 0 heterocycles. The molecular formula is C40H48N2O6. The van der Waals surface area contributed by atoms with Crippen LogP contribution in [-0.2, 0) is 26.3 Å². The van der Waals surface area contributed by atoms with Gasteiger partial charge in [0.25, 0.3) is 0 Å². The maximum absolute atomic E-state index is 6.33. The summed E-state index contributed by atoms with van der Waals surface area (Å²) >= 11 is 0. The van der Waals surface area contributed by atoms with Crippen LogP contribution in [0, 0.1) is 13.8 Å². The van der Waals surface area contributed by atoms with Crippen molar-refractivity contribution >= 4 is 0 Å². The van der Waals surface area contributed by atoms with E-state index in [-0.39, 0.29) is 0 Å². The van der Waals surface area contributed by atoms with Gasteiger partial charge in [0.15, 0.2) is 0 Å². The average Bonchev–Trinajstić information content (AvgIpc) is 4.05. The van der Waals surface area contributed by atoms with Gasteiger partial charge in [-0.3, -0.25) is 0 Å². The van der Waals surface area contributed by atoms with Gasteiger partial charge in [-0.05, 0) is 72.9 Å². The molecule has 4 aromatic carbocycles. The molecule has 0 aromatic heterocycles. The monoisotopic (exact) mass is 652 g/mol. The Hall–Kier alpha value is -4.40. The first-order chi connectivity index (χ1) is 23.4. The van der Waals surface area contributed by atoms with Crippen LogP contribution in [0.3, 0.4) is 0 Å². The van der Waals surface area contributed by atoms with E-state index < -0.39 is 0 Å². The molecule has 0 radical (unpaired) electrons. The van der Waals surface area contributed by atoms with Gasteiger partial charge >= 0.3 is 0 Å². The zero-order chi connectivity index (χ0) is 33.6. The van der Waals surface area contributed by atoms with E-state index in [1.165, 1.54) is 47.9 Å². The summed E-state index contributed by atoms with van der Waals surface area (Å²) in [5, 5.41) is 7.11. The van der Waals surface area contributed by atoms with E-state index in [1.807, 2.05) is 24.3 Å². The Kier molecular flexibility index (Phi) is 10.6. The fourth-order valence-corrected chi connectivity index (χ4v) is 6.09. The minimum atomic E-state index is 0.420. The van der Waals surface area contributed by atoms with Gasteiger partial charge in [0.05, 0.1) is 39.6 Å². The molecule has 0 bridgehead atoms. The SMILES string of the molecule is COc1cc(OCc2cccc(-c3cccc(COc4cc(OC)c(CNC5CC5)c(OC)c4)c3C)c2C)cc(OC)c1CNC1CC1. The maximum atomic E-state index is 6.33. The van der Waals surface area contributed by atoms with E-state index >= 15 is 0 Å². The Morgan fingerprint density at radius 3 is 1.21 bits per heavy atom. The zero-order valence-electron chi connectivity index (χ0n) is 29.0. The molecule has 0 saturated heterocycles. The van der Waals surface area contributed by atoms with Crippen LogP contribution in [0.2, 0.25) is 0 Å². The molecule has 0 atom stereocenters. The summed E-state index contributed by atoms with van der Waals surface area (Å²) < 4.78 is 35.6. The van der Waals surface area contributed by atoms with Gasteiger partial charge in [-0.2, -0.15) is 0 Å². The maximum Gasteiger partial charge on any atom is 0.130 e. The molecule has 48 heavy (non-hydrogen) atoms. The lowest BCUT2D eigenvalue weighted by atomic mass is 9.92. The van der Waals surface area contributed by atoms with Crippen molar-refractivity contribution in [2.45, 2.75) is 77.9 Å². The summed E-state index contributed by atoms with van der Waals surface area (Å²) in [6.45, 7) is 6.56. The van der Waals surface area contributed by atoms with E-state index in [1.54, 1.807) is 28.4 Å². The van der Waals surface area contributed by atoms with Gasteiger partial charge < -0.3 is 39.1 Å². The average molecular weight is 653 g/mol. The van der Waals surface area contributed by atoms with E-state index in [2.05, 4.69) is 60.9 Å². The molecule has 2 N–H and O–H groups in total. The molecule has 0 aliphatic heterocycles. The van der Waals surface area contributed by atoms with Gasteiger partial charge in [-0.25, -0.2) is 0 Å². The highest BCUT2D eigenvalue weighted by molar-refractivity contribution is 5.72. The van der Waals surface area contributed by atoms with Crippen molar-refractivity contribution in [3.05, 3.63) is 94.0 Å². The second-order valence-electron chi connectivity index (χ2n) is 12.7. The predicted molar refractivity (Wildman–Crippen MR) is 189 cm³/mol. The minimum absolute atomic E-state index is 0.420. The Labute approximate surface area is 284 Å². The molecule has 0 amide bonds. The second-order valence-corrected chi connectivity index (χ2v) is 12.7. The van der Waals surface area contributed by atoms with E-state index in [0.29, 0.717) is 49.9 Å². The molecule has 254 valence electrons. The van der Waals surface area contributed by atoms with Crippen molar-refractivity contribution in [2.24, 2.45) is 0 Å². The molecular weight excluding hydrogens is 604 g/mol. The van der Waals surface area contributed by atoms with Gasteiger partial charge in [0.1, 0.15) is 47.7 Å². The van der Waals surface area contributed by atoms with Crippen LogP contribution < -0.4 is 39.1 Å². The molecule has 8 heteroatoms. The van der Waals surface area contributed by atoms with E-state index in [9.17, 15) is 0 Å². The van der Waals surface area contributed by atoms with Crippen LogP contribution in [0.4, 0.5) is 0 Å². The molecule has 2 aliphatic carbocycles. The summed E-state index contributed by atoms with van der Waals surface area (Å²) in [6.07, 6.45) is 4.89. The Bertz CT molecular complexity index is 1550. The van der Waals surface area contributed by atoms with Crippen molar-refractivity contribution in [1.29, 1.82) is 0 Å². The summed E-state index contributed by atoms with van der Waals surface area (Å²) in [5.41, 5.74) is 8.93. The quantitative estimate of drug-likeness (QED) is 0.120. The topological polar surface area (TPSA) is 79.4 Å². The molecule has 4 aromatic rings. The van der Waals surface area contributed by atoms with E-state index in [4.69, 9.17) is 28.4 Å². The second kappa shape index (κ2) is 15.2.